The Morgan fingerprint density at radius 2 is 2.07 bits per heavy atom. The molecular formula is C9H11FO4S. The first-order valence-electron chi connectivity index (χ1n) is 4.07. The second-order valence-electron chi connectivity index (χ2n) is 3.03. The summed E-state index contributed by atoms with van der Waals surface area (Å²) >= 11 is 0. The minimum Gasteiger partial charge on any atom is -0.495 e. The molecule has 84 valence electrons. The number of rotatable bonds is 3. The van der Waals surface area contributed by atoms with E-state index in [2.05, 4.69) is 0 Å². The maximum Gasteiger partial charge on any atom is 0.179 e. The van der Waals surface area contributed by atoms with E-state index in [1.54, 1.807) is 0 Å². The van der Waals surface area contributed by atoms with Crippen molar-refractivity contribution in [1.82, 2.24) is 0 Å². The van der Waals surface area contributed by atoms with Gasteiger partial charge >= 0.3 is 0 Å². The van der Waals surface area contributed by atoms with Crippen molar-refractivity contribution >= 4 is 9.84 Å². The topological polar surface area (TPSA) is 63.6 Å². The van der Waals surface area contributed by atoms with Gasteiger partial charge in [-0.3, -0.25) is 0 Å². The minimum atomic E-state index is -3.58. The van der Waals surface area contributed by atoms with Gasteiger partial charge in [0.2, 0.25) is 0 Å². The zero-order valence-corrected chi connectivity index (χ0v) is 9.14. The van der Waals surface area contributed by atoms with Crippen LogP contribution in [0.15, 0.2) is 17.0 Å². The van der Waals surface area contributed by atoms with E-state index in [0.29, 0.717) is 0 Å². The third kappa shape index (κ3) is 2.45. The number of ether oxygens (including phenoxy) is 1. The average molecular weight is 234 g/mol. The number of benzene rings is 1. The lowest BCUT2D eigenvalue weighted by molar-refractivity contribution is 0.271. The fourth-order valence-electron chi connectivity index (χ4n) is 1.25. The Morgan fingerprint density at radius 3 is 2.47 bits per heavy atom. The first kappa shape index (κ1) is 11.9. The molecule has 0 heterocycles. The van der Waals surface area contributed by atoms with Crippen molar-refractivity contribution < 1.29 is 22.7 Å². The first-order valence-corrected chi connectivity index (χ1v) is 5.96. The van der Waals surface area contributed by atoms with Crippen LogP contribution in [0.25, 0.3) is 0 Å². The first-order chi connectivity index (χ1) is 6.90. The van der Waals surface area contributed by atoms with Crippen molar-refractivity contribution in [3.05, 3.63) is 23.5 Å². The molecule has 0 aromatic heterocycles. The number of sulfone groups is 1. The van der Waals surface area contributed by atoms with Gasteiger partial charge in [0.25, 0.3) is 0 Å². The number of halogens is 1. The zero-order chi connectivity index (χ0) is 11.6. The van der Waals surface area contributed by atoms with E-state index in [0.717, 1.165) is 18.4 Å². The van der Waals surface area contributed by atoms with E-state index < -0.39 is 22.3 Å². The van der Waals surface area contributed by atoms with Crippen molar-refractivity contribution in [1.29, 1.82) is 0 Å². The van der Waals surface area contributed by atoms with Gasteiger partial charge < -0.3 is 9.84 Å². The van der Waals surface area contributed by atoms with E-state index >= 15 is 0 Å². The molecule has 6 heteroatoms. The summed E-state index contributed by atoms with van der Waals surface area (Å²) < 4.78 is 40.5. The summed E-state index contributed by atoms with van der Waals surface area (Å²) in [5.74, 6) is -0.735. The maximum atomic E-state index is 13.0. The highest BCUT2D eigenvalue weighted by Crippen LogP contribution is 2.29. The molecular weight excluding hydrogens is 223 g/mol. The van der Waals surface area contributed by atoms with Crippen LogP contribution in [-0.2, 0) is 16.4 Å². The summed E-state index contributed by atoms with van der Waals surface area (Å²) in [5, 5.41) is 8.92. The van der Waals surface area contributed by atoms with Crippen molar-refractivity contribution in [2.75, 3.05) is 13.4 Å². The highest BCUT2D eigenvalue weighted by atomic mass is 32.2. The van der Waals surface area contributed by atoms with Crippen LogP contribution in [-0.4, -0.2) is 26.9 Å². The third-order valence-electron chi connectivity index (χ3n) is 1.87. The molecule has 0 amide bonds. The molecule has 1 N–H and O–H groups in total. The van der Waals surface area contributed by atoms with Crippen molar-refractivity contribution in [2.24, 2.45) is 0 Å². The molecule has 1 aromatic rings. The lowest BCUT2D eigenvalue weighted by Gasteiger charge is -2.11. The second kappa shape index (κ2) is 4.16. The fourth-order valence-corrected chi connectivity index (χ4v) is 2.13. The fraction of sp³-hybridized carbons (Fsp3) is 0.333. The predicted molar refractivity (Wildman–Crippen MR) is 52.0 cm³/mol. The Kier molecular flexibility index (Phi) is 3.31. The van der Waals surface area contributed by atoms with Crippen LogP contribution in [0, 0.1) is 5.82 Å². The quantitative estimate of drug-likeness (QED) is 0.837. The molecule has 1 rings (SSSR count). The molecule has 0 saturated carbocycles. The minimum absolute atomic E-state index is 0.0126. The Morgan fingerprint density at radius 1 is 1.47 bits per heavy atom. The highest BCUT2D eigenvalue weighted by Gasteiger charge is 2.19. The van der Waals surface area contributed by atoms with Crippen LogP contribution in [0.4, 0.5) is 4.39 Å². The van der Waals surface area contributed by atoms with Gasteiger partial charge in [0, 0.05) is 11.8 Å². The van der Waals surface area contributed by atoms with E-state index in [1.165, 1.54) is 7.11 Å². The van der Waals surface area contributed by atoms with Gasteiger partial charge in [0.05, 0.1) is 13.7 Å². The molecule has 0 saturated heterocycles. The monoisotopic (exact) mass is 234 g/mol. The van der Waals surface area contributed by atoms with Crippen LogP contribution >= 0.6 is 0 Å². The molecule has 0 atom stereocenters. The SMILES string of the molecule is COc1c(CO)cc(F)cc1S(C)(=O)=O. The summed E-state index contributed by atoms with van der Waals surface area (Å²) in [7, 11) is -2.31. The molecule has 0 aliphatic carbocycles. The van der Waals surface area contributed by atoms with Crippen molar-refractivity contribution in [3.63, 3.8) is 0 Å². The summed E-state index contributed by atoms with van der Waals surface area (Å²) in [5.41, 5.74) is 0.109. The van der Waals surface area contributed by atoms with Crippen LogP contribution in [0.2, 0.25) is 0 Å². The average Bonchev–Trinajstić information content (AvgIpc) is 2.15. The lowest BCUT2D eigenvalue weighted by atomic mass is 10.2. The molecule has 4 nitrogen and oxygen atoms in total. The smallest absolute Gasteiger partial charge is 0.179 e. The molecule has 0 unspecified atom stereocenters. The van der Waals surface area contributed by atoms with Gasteiger partial charge in [-0.05, 0) is 12.1 Å². The summed E-state index contributed by atoms with van der Waals surface area (Å²) in [6, 6.07) is 1.90. The highest BCUT2D eigenvalue weighted by molar-refractivity contribution is 7.90. The van der Waals surface area contributed by atoms with Gasteiger partial charge in [-0.15, -0.1) is 0 Å². The van der Waals surface area contributed by atoms with Gasteiger partial charge in [0.15, 0.2) is 9.84 Å². The standard InChI is InChI=1S/C9H11FO4S/c1-14-9-6(5-11)3-7(10)4-8(9)15(2,12)13/h3-4,11H,5H2,1-2H3. The maximum absolute atomic E-state index is 13.0. The summed E-state index contributed by atoms with van der Waals surface area (Å²) in [4.78, 5) is -0.256. The molecule has 1 aromatic carbocycles. The van der Waals surface area contributed by atoms with Crippen molar-refractivity contribution in [3.8, 4) is 5.75 Å². The Labute approximate surface area is 87.2 Å². The van der Waals surface area contributed by atoms with E-state index in [4.69, 9.17) is 9.84 Å². The molecule has 0 aliphatic heterocycles. The van der Waals surface area contributed by atoms with Crippen LogP contribution in [0.1, 0.15) is 5.56 Å². The van der Waals surface area contributed by atoms with E-state index in [9.17, 15) is 12.8 Å². The predicted octanol–water partition coefficient (Wildman–Crippen LogP) is 0.730. The summed E-state index contributed by atoms with van der Waals surface area (Å²) in [6.45, 7) is -0.483. The zero-order valence-electron chi connectivity index (χ0n) is 8.32. The third-order valence-corrected chi connectivity index (χ3v) is 2.97. The van der Waals surface area contributed by atoms with Gasteiger partial charge in [0.1, 0.15) is 16.5 Å². The molecule has 0 spiro atoms. The lowest BCUT2D eigenvalue weighted by Crippen LogP contribution is -2.04. The number of hydrogen-bond donors (Lipinski definition) is 1. The number of aliphatic hydroxyl groups is 1. The number of hydrogen-bond acceptors (Lipinski definition) is 4. The summed E-state index contributed by atoms with van der Waals surface area (Å²) in [6.07, 6.45) is 0.950. The van der Waals surface area contributed by atoms with E-state index in [1.807, 2.05) is 0 Å². The van der Waals surface area contributed by atoms with Crippen LogP contribution < -0.4 is 4.74 Å². The molecule has 0 fully saturated rings. The number of aliphatic hydroxyl groups excluding tert-OH is 1. The molecule has 0 radical (unpaired) electrons. The van der Waals surface area contributed by atoms with Crippen molar-refractivity contribution in [2.45, 2.75) is 11.5 Å². The van der Waals surface area contributed by atoms with Gasteiger partial charge in [-0.25, -0.2) is 12.8 Å². The Bertz CT molecular complexity index is 467. The largest absolute Gasteiger partial charge is 0.495 e. The normalized spacial score (nSPS) is 11.5. The molecule has 0 bridgehead atoms. The van der Waals surface area contributed by atoms with Gasteiger partial charge in [-0.2, -0.15) is 0 Å². The Balaban J connectivity index is 3.57. The van der Waals surface area contributed by atoms with E-state index in [-0.39, 0.29) is 16.2 Å². The Hall–Kier alpha value is -1.14. The van der Waals surface area contributed by atoms with Crippen LogP contribution in [0.5, 0.6) is 5.75 Å². The van der Waals surface area contributed by atoms with Gasteiger partial charge in [-0.1, -0.05) is 0 Å². The van der Waals surface area contributed by atoms with Crippen LogP contribution in [0.3, 0.4) is 0 Å². The molecule has 15 heavy (non-hydrogen) atoms. The second-order valence-corrected chi connectivity index (χ2v) is 5.01. The number of methoxy groups -OCH3 is 1. The molecule has 0 aliphatic rings.